The molecular weight excluding hydrogens is 382 g/mol. The molecule has 2 N–H and O–H groups in total. The summed E-state index contributed by atoms with van der Waals surface area (Å²) >= 11 is 3.44. The van der Waals surface area contributed by atoms with E-state index in [9.17, 15) is 9.59 Å². The van der Waals surface area contributed by atoms with Crippen LogP contribution in [0.4, 0.5) is 17.1 Å². The first kappa shape index (κ1) is 17.5. The lowest BCUT2D eigenvalue weighted by Gasteiger charge is -2.28. The third-order valence-electron chi connectivity index (χ3n) is 4.25. The Morgan fingerprint density at radius 1 is 1.32 bits per heavy atom. The van der Waals surface area contributed by atoms with E-state index < -0.39 is 0 Å². The maximum atomic E-state index is 12.9. The molecule has 6 heteroatoms. The Morgan fingerprint density at radius 3 is 2.84 bits per heavy atom. The van der Waals surface area contributed by atoms with Crippen LogP contribution in [0.15, 0.2) is 46.9 Å². The summed E-state index contributed by atoms with van der Waals surface area (Å²) in [7, 11) is 0. The lowest BCUT2D eigenvalue weighted by atomic mass is 10.1. The molecule has 0 fully saturated rings. The van der Waals surface area contributed by atoms with Crippen molar-refractivity contribution in [2.75, 3.05) is 22.1 Å². The number of hydrogen-bond acceptors (Lipinski definition) is 3. The van der Waals surface area contributed by atoms with Gasteiger partial charge in [-0.1, -0.05) is 28.1 Å². The Balaban J connectivity index is 1.81. The maximum Gasteiger partial charge on any atom is 0.246 e. The fourth-order valence-corrected chi connectivity index (χ4v) is 3.52. The molecule has 1 aliphatic heterocycles. The predicted molar refractivity (Wildman–Crippen MR) is 104 cm³/mol. The third-order valence-corrected chi connectivity index (χ3v) is 4.74. The molecule has 0 radical (unpaired) electrons. The lowest BCUT2D eigenvalue weighted by Crippen LogP contribution is -2.42. The highest BCUT2D eigenvalue weighted by atomic mass is 79.9. The van der Waals surface area contributed by atoms with Gasteiger partial charge in [0.05, 0.1) is 17.9 Å². The molecule has 2 aromatic carbocycles. The van der Waals surface area contributed by atoms with E-state index in [1.54, 1.807) is 4.90 Å². The van der Waals surface area contributed by atoms with Crippen molar-refractivity contribution in [2.45, 2.75) is 26.3 Å². The number of hydrogen-bond donors (Lipinski definition) is 2. The zero-order valence-corrected chi connectivity index (χ0v) is 15.8. The van der Waals surface area contributed by atoms with Crippen LogP contribution >= 0.6 is 15.9 Å². The molecular formula is C19H20BrN3O2. The normalized spacial score (nSPS) is 16.7. The van der Waals surface area contributed by atoms with E-state index in [1.807, 2.05) is 56.3 Å². The minimum absolute atomic E-state index is 0.0706. The Hall–Kier alpha value is -2.34. The summed E-state index contributed by atoms with van der Waals surface area (Å²) in [5.41, 5.74) is 3.38. The highest BCUT2D eigenvalue weighted by Crippen LogP contribution is 2.31. The van der Waals surface area contributed by atoms with Gasteiger partial charge in [0.1, 0.15) is 0 Å². The lowest BCUT2D eigenvalue weighted by molar-refractivity contribution is -0.118. The van der Waals surface area contributed by atoms with Crippen molar-refractivity contribution in [3.05, 3.63) is 52.5 Å². The van der Waals surface area contributed by atoms with Crippen LogP contribution in [-0.2, 0) is 9.59 Å². The van der Waals surface area contributed by atoms with Crippen LogP contribution in [0, 0.1) is 6.92 Å². The number of carbonyl (C=O) groups excluding carboxylic acids is 2. The van der Waals surface area contributed by atoms with Crippen molar-refractivity contribution in [3.63, 3.8) is 0 Å². The molecule has 0 unspecified atom stereocenters. The molecule has 0 aliphatic carbocycles. The fourth-order valence-electron chi connectivity index (χ4n) is 3.05. The highest BCUT2D eigenvalue weighted by molar-refractivity contribution is 9.10. The molecule has 0 bridgehead atoms. The smallest absolute Gasteiger partial charge is 0.246 e. The van der Waals surface area contributed by atoms with Crippen molar-refractivity contribution in [2.24, 2.45) is 0 Å². The van der Waals surface area contributed by atoms with Gasteiger partial charge in [-0.25, -0.2) is 0 Å². The van der Waals surface area contributed by atoms with Gasteiger partial charge >= 0.3 is 0 Å². The first-order chi connectivity index (χ1) is 12.0. The van der Waals surface area contributed by atoms with Crippen LogP contribution in [0.3, 0.4) is 0 Å². The van der Waals surface area contributed by atoms with Crippen molar-refractivity contribution < 1.29 is 9.59 Å². The molecule has 0 saturated carbocycles. The number of nitrogens with one attached hydrogen (secondary N) is 2. The van der Waals surface area contributed by atoms with Crippen LogP contribution in [0.25, 0.3) is 0 Å². The van der Waals surface area contributed by atoms with Gasteiger partial charge in [-0.2, -0.15) is 0 Å². The molecule has 0 saturated heterocycles. The number of amides is 2. The first-order valence-electron chi connectivity index (χ1n) is 8.16. The minimum atomic E-state index is -0.205. The third kappa shape index (κ3) is 3.85. The average molecular weight is 402 g/mol. The number of anilines is 3. The summed E-state index contributed by atoms with van der Waals surface area (Å²) in [6, 6.07) is 13.1. The zero-order chi connectivity index (χ0) is 18.0. The SMILES string of the molecule is Cc1cc(Br)ccc1NCC(=O)N1c2ccccc2NC(=O)C[C@@H]1C. The monoisotopic (exact) mass is 401 g/mol. The molecule has 130 valence electrons. The van der Waals surface area contributed by atoms with Crippen LogP contribution in [0.5, 0.6) is 0 Å². The predicted octanol–water partition coefficient (Wildman–Crippen LogP) is 3.93. The first-order valence-corrected chi connectivity index (χ1v) is 8.96. The van der Waals surface area contributed by atoms with E-state index in [4.69, 9.17) is 0 Å². The largest absolute Gasteiger partial charge is 0.376 e. The average Bonchev–Trinajstić information content (AvgIpc) is 2.68. The Kier molecular flexibility index (Phi) is 5.08. The van der Waals surface area contributed by atoms with E-state index in [-0.39, 0.29) is 30.8 Å². The van der Waals surface area contributed by atoms with Gasteiger partial charge in [0.25, 0.3) is 0 Å². The number of para-hydroxylation sites is 2. The number of rotatable bonds is 3. The summed E-state index contributed by atoms with van der Waals surface area (Å²) in [4.78, 5) is 26.6. The zero-order valence-electron chi connectivity index (χ0n) is 14.2. The van der Waals surface area contributed by atoms with Gasteiger partial charge in [0, 0.05) is 22.6 Å². The Labute approximate surface area is 155 Å². The van der Waals surface area contributed by atoms with Crippen LogP contribution in [0.2, 0.25) is 0 Å². The molecule has 25 heavy (non-hydrogen) atoms. The maximum absolute atomic E-state index is 12.9. The molecule has 5 nitrogen and oxygen atoms in total. The number of benzene rings is 2. The van der Waals surface area contributed by atoms with Gasteiger partial charge in [0.2, 0.25) is 11.8 Å². The second-order valence-electron chi connectivity index (χ2n) is 6.20. The standard InChI is InChI=1S/C19H20BrN3O2/c1-12-9-14(20)7-8-15(12)21-11-19(25)23-13(2)10-18(24)22-16-5-3-4-6-17(16)23/h3-9,13,21H,10-11H2,1-2H3,(H,22,24)/t13-/m0/s1. The fraction of sp³-hybridized carbons (Fsp3) is 0.263. The second-order valence-corrected chi connectivity index (χ2v) is 7.11. The van der Waals surface area contributed by atoms with Gasteiger partial charge in [-0.05, 0) is 49.7 Å². The molecule has 1 heterocycles. The Bertz CT molecular complexity index is 822. The molecule has 0 aromatic heterocycles. The van der Waals surface area contributed by atoms with E-state index in [1.165, 1.54) is 0 Å². The quantitative estimate of drug-likeness (QED) is 0.818. The van der Waals surface area contributed by atoms with E-state index in [0.717, 1.165) is 21.4 Å². The van der Waals surface area contributed by atoms with Crippen LogP contribution < -0.4 is 15.5 Å². The number of nitrogens with zero attached hydrogens (tertiary/aromatic N) is 1. The number of carbonyl (C=O) groups is 2. The van der Waals surface area contributed by atoms with E-state index >= 15 is 0 Å². The second kappa shape index (κ2) is 7.27. The van der Waals surface area contributed by atoms with Gasteiger partial charge in [-0.15, -0.1) is 0 Å². The molecule has 0 spiro atoms. The minimum Gasteiger partial charge on any atom is -0.376 e. The van der Waals surface area contributed by atoms with Crippen molar-refractivity contribution in [1.82, 2.24) is 0 Å². The number of halogens is 1. The van der Waals surface area contributed by atoms with Gasteiger partial charge in [-0.3, -0.25) is 9.59 Å². The highest BCUT2D eigenvalue weighted by Gasteiger charge is 2.29. The summed E-state index contributed by atoms with van der Waals surface area (Å²) in [6.45, 7) is 4.05. The molecule has 1 aliphatic rings. The van der Waals surface area contributed by atoms with Gasteiger partial charge in [0.15, 0.2) is 0 Å². The molecule has 3 rings (SSSR count). The van der Waals surface area contributed by atoms with Crippen molar-refractivity contribution >= 4 is 44.8 Å². The van der Waals surface area contributed by atoms with E-state index in [2.05, 4.69) is 26.6 Å². The van der Waals surface area contributed by atoms with Crippen LogP contribution in [-0.4, -0.2) is 24.4 Å². The Morgan fingerprint density at radius 2 is 2.08 bits per heavy atom. The van der Waals surface area contributed by atoms with E-state index in [0.29, 0.717) is 5.69 Å². The summed E-state index contributed by atoms with van der Waals surface area (Å²) < 4.78 is 1.00. The van der Waals surface area contributed by atoms with Gasteiger partial charge < -0.3 is 15.5 Å². The van der Waals surface area contributed by atoms with Crippen LogP contribution in [0.1, 0.15) is 18.9 Å². The van der Waals surface area contributed by atoms with Crippen molar-refractivity contribution in [1.29, 1.82) is 0 Å². The summed E-state index contributed by atoms with van der Waals surface area (Å²) in [5, 5.41) is 6.07. The summed E-state index contributed by atoms with van der Waals surface area (Å²) in [6.07, 6.45) is 0.276. The summed E-state index contributed by atoms with van der Waals surface area (Å²) in [5.74, 6) is -0.147. The number of aryl methyl sites for hydroxylation is 1. The number of fused-ring (bicyclic) bond motifs is 1. The topological polar surface area (TPSA) is 61.4 Å². The molecule has 1 atom stereocenters. The molecule has 2 amide bonds. The van der Waals surface area contributed by atoms with Crippen molar-refractivity contribution in [3.8, 4) is 0 Å². The molecule has 2 aromatic rings.